The van der Waals surface area contributed by atoms with E-state index < -0.39 is 0 Å². The van der Waals surface area contributed by atoms with E-state index in [0.717, 1.165) is 30.9 Å². The van der Waals surface area contributed by atoms with E-state index in [4.69, 9.17) is 9.47 Å². The number of nitrogens with zero attached hydrogens (tertiary/aromatic N) is 2. The van der Waals surface area contributed by atoms with Crippen molar-refractivity contribution in [3.05, 3.63) is 59.0 Å². The predicted octanol–water partition coefficient (Wildman–Crippen LogP) is 5.07. The molecule has 162 valence electrons. The second-order valence-electron chi connectivity index (χ2n) is 7.59. The largest absolute Gasteiger partial charge is 0.497 e. The number of methoxy groups -OCH3 is 2. The Hall–Kier alpha value is -2.90. The van der Waals surface area contributed by atoms with Crippen molar-refractivity contribution in [1.82, 2.24) is 9.88 Å². The molecule has 6 nitrogen and oxygen atoms in total. The molecule has 1 aliphatic heterocycles. The Morgan fingerprint density at radius 1 is 1.06 bits per heavy atom. The maximum atomic E-state index is 12.7. The fourth-order valence-corrected chi connectivity index (χ4v) is 4.48. The maximum absolute atomic E-state index is 12.7. The number of amides is 1. The summed E-state index contributed by atoms with van der Waals surface area (Å²) >= 11 is 1.39. The van der Waals surface area contributed by atoms with E-state index in [1.807, 2.05) is 47.8 Å². The van der Waals surface area contributed by atoms with Crippen LogP contribution in [-0.4, -0.2) is 43.1 Å². The molecule has 0 radical (unpaired) electrons. The zero-order chi connectivity index (χ0) is 21.6. The van der Waals surface area contributed by atoms with Gasteiger partial charge in [0.25, 0.3) is 5.91 Å². The quantitative estimate of drug-likeness (QED) is 0.559. The van der Waals surface area contributed by atoms with E-state index in [9.17, 15) is 4.79 Å². The zero-order valence-corrected chi connectivity index (χ0v) is 18.7. The molecule has 0 atom stereocenters. The molecule has 3 aromatic rings. The lowest BCUT2D eigenvalue weighted by Gasteiger charge is -2.26. The number of carbonyl (C=O) groups excluding carboxylic acids is 1. The highest BCUT2D eigenvalue weighted by Crippen LogP contribution is 2.34. The van der Waals surface area contributed by atoms with Gasteiger partial charge in [-0.25, -0.2) is 4.98 Å². The van der Waals surface area contributed by atoms with Crippen LogP contribution in [0.2, 0.25) is 0 Å². The summed E-state index contributed by atoms with van der Waals surface area (Å²) in [4.78, 5) is 19.7. The number of likely N-dealkylation sites (tertiary alicyclic amines) is 1. The third-order valence-electron chi connectivity index (χ3n) is 5.48. The fourth-order valence-electron chi connectivity index (χ4n) is 3.77. The zero-order valence-electron chi connectivity index (χ0n) is 17.9. The minimum Gasteiger partial charge on any atom is -0.497 e. The van der Waals surface area contributed by atoms with E-state index in [2.05, 4.69) is 15.2 Å². The molecule has 2 heterocycles. The summed E-state index contributed by atoms with van der Waals surface area (Å²) < 4.78 is 10.7. The van der Waals surface area contributed by atoms with Crippen molar-refractivity contribution < 1.29 is 14.3 Å². The molecule has 1 fully saturated rings. The van der Waals surface area contributed by atoms with Gasteiger partial charge in [-0.1, -0.05) is 18.6 Å². The number of aromatic nitrogens is 1. The molecule has 1 saturated heterocycles. The number of thiazole rings is 1. The summed E-state index contributed by atoms with van der Waals surface area (Å²) in [5.41, 5.74) is 3.46. The highest BCUT2D eigenvalue weighted by atomic mass is 32.1. The van der Waals surface area contributed by atoms with Gasteiger partial charge in [0.2, 0.25) is 0 Å². The molecule has 31 heavy (non-hydrogen) atoms. The maximum Gasteiger partial charge on any atom is 0.257 e. The van der Waals surface area contributed by atoms with Crippen LogP contribution < -0.4 is 14.8 Å². The van der Waals surface area contributed by atoms with E-state index >= 15 is 0 Å². The lowest BCUT2D eigenvalue weighted by Crippen LogP contribution is -2.29. The first-order chi connectivity index (χ1) is 15.2. The molecule has 1 aromatic heterocycles. The van der Waals surface area contributed by atoms with Gasteiger partial charge in [0.15, 0.2) is 5.13 Å². The third-order valence-corrected chi connectivity index (χ3v) is 6.24. The Labute approximate surface area is 186 Å². The van der Waals surface area contributed by atoms with Crippen LogP contribution in [0.3, 0.4) is 0 Å². The number of hydrogen-bond donors (Lipinski definition) is 1. The van der Waals surface area contributed by atoms with Crippen LogP contribution in [0.25, 0.3) is 11.3 Å². The number of carbonyl (C=O) groups is 1. The smallest absolute Gasteiger partial charge is 0.257 e. The molecule has 1 amide bonds. The van der Waals surface area contributed by atoms with Crippen molar-refractivity contribution in [1.29, 1.82) is 0 Å². The van der Waals surface area contributed by atoms with Crippen LogP contribution in [0.1, 0.15) is 35.2 Å². The topological polar surface area (TPSA) is 63.7 Å². The summed E-state index contributed by atoms with van der Waals surface area (Å²) in [5.74, 6) is 1.23. The standard InChI is InChI=1S/C24H27N3O3S/c1-29-19-10-11-20(22(14-19)30-2)21-16-31-24(25-21)26-23(28)18-8-6-17(7-9-18)15-27-12-4-3-5-13-27/h6-11,14,16H,3-5,12-13,15H2,1-2H3,(H,25,26,28). The number of nitrogens with one attached hydrogen (secondary N) is 1. The van der Waals surface area contributed by atoms with E-state index in [1.54, 1.807) is 14.2 Å². The molecule has 1 aliphatic rings. The number of anilines is 1. The first-order valence-electron chi connectivity index (χ1n) is 10.5. The van der Waals surface area contributed by atoms with Crippen LogP contribution in [0, 0.1) is 0 Å². The summed E-state index contributed by atoms with van der Waals surface area (Å²) in [6, 6.07) is 13.4. The Morgan fingerprint density at radius 3 is 2.55 bits per heavy atom. The van der Waals surface area contributed by atoms with Crippen molar-refractivity contribution in [2.24, 2.45) is 0 Å². The van der Waals surface area contributed by atoms with Crippen molar-refractivity contribution >= 4 is 22.4 Å². The van der Waals surface area contributed by atoms with Gasteiger partial charge in [-0.05, 0) is 55.8 Å². The van der Waals surface area contributed by atoms with Crippen LogP contribution in [0.4, 0.5) is 5.13 Å². The molecule has 1 N–H and O–H groups in total. The third kappa shape index (κ3) is 5.24. The highest BCUT2D eigenvalue weighted by Gasteiger charge is 2.14. The first-order valence-corrected chi connectivity index (χ1v) is 11.3. The lowest BCUT2D eigenvalue weighted by atomic mass is 10.1. The van der Waals surface area contributed by atoms with Crippen molar-refractivity contribution in [2.45, 2.75) is 25.8 Å². The molecule has 7 heteroatoms. The van der Waals surface area contributed by atoms with E-state index in [1.165, 1.54) is 36.2 Å². The molecular weight excluding hydrogens is 410 g/mol. The Bertz CT molecular complexity index is 1030. The van der Waals surface area contributed by atoms with Gasteiger partial charge in [0, 0.05) is 29.1 Å². The fraction of sp³-hybridized carbons (Fsp3) is 0.333. The van der Waals surface area contributed by atoms with Crippen molar-refractivity contribution in [3.8, 4) is 22.8 Å². The minimum atomic E-state index is -0.160. The Balaban J connectivity index is 1.41. The summed E-state index contributed by atoms with van der Waals surface area (Å²) in [6.45, 7) is 3.27. The van der Waals surface area contributed by atoms with Crippen LogP contribution >= 0.6 is 11.3 Å². The SMILES string of the molecule is COc1ccc(-c2csc(NC(=O)c3ccc(CN4CCCCC4)cc3)n2)c(OC)c1. The van der Waals surface area contributed by atoms with Crippen LogP contribution in [-0.2, 0) is 6.54 Å². The highest BCUT2D eigenvalue weighted by molar-refractivity contribution is 7.14. The molecule has 0 bridgehead atoms. The van der Waals surface area contributed by atoms with Crippen molar-refractivity contribution in [2.75, 3.05) is 32.6 Å². The summed E-state index contributed by atoms with van der Waals surface area (Å²) in [5, 5.41) is 5.36. The molecule has 0 aliphatic carbocycles. The summed E-state index contributed by atoms with van der Waals surface area (Å²) in [7, 11) is 3.23. The molecule has 0 saturated carbocycles. The van der Waals surface area contributed by atoms with Gasteiger partial charge in [-0.2, -0.15) is 0 Å². The van der Waals surface area contributed by atoms with Crippen LogP contribution in [0.5, 0.6) is 11.5 Å². The normalized spacial score (nSPS) is 14.3. The van der Waals surface area contributed by atoms with E-state index in [-0.39, 0.29) is 5.91 Å². The monoisotopic (exact) mass is 437 g/mol. The second kappa shape index (κ2) is 9.94. The second-order valence-corrected chi connectivity index (χ2v) is 8.45. The molecule has 2 aromatic carbocycles. The van der Waals surface area contributed by atoms with Gasteiger partial charge >= 0.3 is 0 Å². The van der Waals surface area contributed by atoms with Gasteiger partial charge in [0.05, 0.1) is 19.9 Å². The van der Waals surface area contributed by atoms with Crippen molar-refractivity contribution in [3.63, 3.8) is 0 Å². The molecular formula is C24H27N3O3S. The molecule has 4 rings (SSSR count). The molecule has 0 unspecified atom stereocenters. The average Bonchev–Trinajstić information content (AvgIpc) is 3.28. The first kappa shape index (κ1) is 21.3. The number of rotatable bonds is 7. The number of benzene rings is 2. The predicted molar refractivity (Wildman–Crippen MR) is 124 cm³/mol. The van der Waals surface area contributed by atoms with Crippen LogP contribution in [0.15, 0.2) is 47.8 Å². The molecule has 0 spiro atoms. The van der Waals surface area contributed by atoms with Gasteiger partial charge in [-0.15, -0.1) is 11.3 Å². The van der Waals surface area contributed by atoms with Gasteiger partial charge in [0.1, 0.15) is 11.5 Å². The average molecular weight is 438 g/mol. The Morgan fingerprint density at radius 2 is 1.84 bits per heavy atom. The summed E-state index contributed by atoms with van der Waals surface area (Å²) in [6.07, 6.45) is 3.89. The van der Waals surface area contributed by atoms with E-state index in [0.29, 0.717) is 22.2 Å². The lowest BCUT2D eigenvalue weighted by molar-refractivity contribution is 0.102. The Kier molecular flexibility index (Phi) is 6.84. The number of ether oxygens (including phenoxy) is 2. The number of piperidine rings is 1. The minimum absolute atomic E-state index is 0.160. The van der Waals surface area contributed by atoms with Gasteiger partial charge < -0.3 is 9.47 Å². The van der Waals surface area contributed by atoms with Gasteiger partial charge in [-0.3, -0.25) is 15.0 Å². The number of hydrogen-bond acceptors (Lipinski definition) is 6.